The normalized spacial score (nSPS) is 11.1. The van der Waals surface area contributed by atoms with E-state index in [9.17, 15) is 4.39 Å². The molecular weight excluding hydrogens is 303 g/mol. The van der Waals surface area contributed by atoms with E-state index in [0.717, 1.165) is 16.8 Å². The number of hydrogen-bond acceptors (Lipinski definition) is 1. The van der Waals surface area contributed by atoms with Crippen LogP contribution in [0.15, 0.2) is 53.1 Å². The summed E-state index contributed by atoms with van der Waals surface area (Å²) in [6.45, 7) is 9.05. The zero-order valence-electron chi connectivity index (χ0n) is 13.3. The van der Waals surface area contributed by atoms with Gasteiger partial charge in [0, 0.05) is 17.5 Å². The van der Waals surface area contributed by atoms with Crippen LogP contribution < -0.4 is 4.57 Å². The van der Waals surface area contributed by atoms with Gasteiger partial charge in [-0.3, -0.25) is 0 Å². The highest BCUT2D eigenvalue weighted by molar-refractivity contribution is 6.10. The van der Waals surface area contributed by atoms with E-state index in [-0.39, 0.29) is 5.82 Å². The summed E-state index contributed by atoms with van der Waals surface area (Å²) in [5.41, 5.74) is 4.20. The number of rotatable bonds is 1. The van der Waals surface area contributed by atoms with Crippen molar-refractivity contribution in [2.45, 2.75) is 6.92 Å². The van der Waals surface area contributed by atoms with Crippen LogP contribution in [-0.4, -0.2) is 0 Å². The van der Waals surface area contributed by atoms with Gasteiger partial charge in [-0.15, -0.1) is 0 Å². The van der Waals surface area contributed by atoms with Gasteiger partial charge in [-0.05, 0) is 36.8 Å². The zero-order chi connectivity index (χ0) is 16.8. The van der Waals surface area contributed by atoms with Crippen LogP contribution >= 0.6 is 0 Å². The summed E-state index contributed by atoms with van der Waals surface area (Å²) in [4.78, 5) is 3.43. The van der Waals surface area contributed by atoms with Gasteiger partial charge in [0.1, 0.15) is 18.4 Å². The molecule has 0 saturated heterocycles. The Bertz CT molecular complexity index is 1150. The maximum Gasteiger partial charge on any atom is 0.216 e. The number of benzene rings is 2. The van der Waals surface area contributed by atoms with Crippen LogP contribution in [0.5, 0.6) is 0 Å². The molecule has 0 aliphatic heterocycles. The number of aryl methyl sites for hydroxylation is 2. The molecular formula is C20H14FN2O+. The van der Waals surface area contributed by atoms with Gasteiger partial charge in [0.2, 0.25) is 5.69 Å². The summed E-state index contributed by atoms with van der Waals surface area (Å²) >= 11 is 0. The summed E-state index contributed by atoms with van der Waals surface area (Å²) in [6, 6.07) is 12.5. The molecule has 0 unspecified atom stereocenters. The number of halogens is 1. The minimum absolute atomic E-state index is 0.328. The van der Waals surface area contributed by atoms with Gasteiger partial charge in [0.15, 0.2) is 17.5 Å². The predicted molar refractivity (Wildman–Crippen MR) is 91.3 cm³/mol. The first-order chi connectivity index (χ1) is 11.6. The van der Waals surface area contributed by atoms with E-state index in [0.29, 0.717) is 27.6 Å². The molecule has 0 radical (unpaired) electrons. The zero-order valence-corrected chi connectivity index (χ0v) is 13.3. The van der Waals surface area contributed by atoms with Crippen LogP contribution in [0.4, 0.5) is 10.1 Å². The lowest BCUT2D eigenvalue weighted by Gasteiger charge is -2.06. The molecule has 3 nitrogen and oxygen atoms in total. The van der Waals surface area contributed by atoms with Crippen molar-refractivity contribution in [2.75, 3.05) is 0 Å². The minimum Gasteiger partial charge on any atom is -0.455 e. The van der Waals surface area contributed by atoms with Crippen LogP contribution in [0.3, 0.4) is 0 Å². The number of hydrogen-bond donors (Lipinski definition) is 0. The Balaban J connectivity index is 2.20. The Kier molecular flexibility index (Phi) is 3.10. The molecule has 0 N–H and O–H groups in total. The van der Waals surface area contributed by atoms with Gasteiger partial charge < -0.3 is 4.42 Å². The molecule has 24 heavy (non-hydrogen) atoms. The third-order valence-corrected chi connectivity index (χ3v) is 4.32. The molecule has 2 aromatic carbocycles. The van der Waals surface area contributed by atoms with Gasteiger partial charge in [0.25, 0.3) is 0 Å². The highest BCUT2D eigenvalue weighted by Crippen LogP contribution is 2.39. The lowest BCUT2D eigenvalue weighted by molar-refractivity contribution is -0.660. The van der Waals surface area contributed by atoms with Crippen molar-refractivity contribution in [3.8, 4) is 11.3 Å². The van der Waals surface area contributed by atoms with Crippen LogP contribution in [0.25, 0.3) is 38.0 Å². The summed E-state index contributed by atoms with van der Waals surface area (Å²) in [6.07, 6.45) is 1.95. The molecule has 4 heteroatoms. The maximum atomic E-state index is 14.7. The van der Waals surface area contributed by atoms with E-state index in [1.807, 2.05) is 42.9 Å². The second-order valence-electron chi connectivity index (χ2n) is 5.85. The lowest BCUT2D eigenvalue weighted by atomic mass is 10.00. The first-order valence-electron chi connectivity index (χ1n) is 7.58. The molecule has 0 fully saturated rings. The summed E-state index contributed by atoms with van der Waals surface area (Å²) in [5.74, 6) is -0.328. The van der Waals surface area contributed by atoms with Crippen molar-refractivity contribution in [2.24, 2.45) is 7.05 Å². The van der Waals surface area contributed by atoms with E-state index < -0.39 is 0 Å². The third kappa shape index (κ3) is 1.99. The van der Waals surface area contributed by atoms with Gasteiger partial charge in [-0.2, -0.15) is 0 Å². The fraction of sp³-hybridized carbons (Fsp3) is 0.100. The molecule has 0 aliphatic carbocycles. The maximum absolute atomic E-state index is 14.7. The van der Waals surface area contributed by atoms with Crippen molar-refractivity contribution in [3.63, 3.8) is 0 Å². The van der Waals surface area contributed by atoms with E-state index in [1.54, 1.807) is 18.2 Å². The average molecular weight is 317 g/mol. The Morgan fingerprint density at radius 1 is 1.17 bits per heavy atom. The van der Waals surface area contributed by atoms with E-state index in [4.69, 9.17) is 11.0 Å². The number of aromatic nitrogens is 1. The third-order valence-electron chi connectivity index (χ3n) is 4.32. The number of fused-ring (bicyclic) bond motifs is 3. The fourth-order valence-corrected chi connectivity index (χ4v) is 3.18. The summed E-state index contributed by atoms with van der Waals surface area (Å²) in [7, 11) is 1.95. The molecule has 0 aliphatic rings. The monoisotopic (exact) mass is 317 g/mol. The van der Waals surface area contributed by atoms with Crippen molar-refractivity contribution < 1.29 is 13.4 Å². The molecule has 0 saturated carbocycles. The van der Waals surface area contributed by atoms with E-state index >= 15 is 0 Å². The first kappa shape index (κ1) is 14.4. The van der Waals surface area contributed by atoms with Crippen molar-refractivity contribution >= 4 is 27.6 Å². The Labute approximate surface area is 138 Å². The van der Waals surface area contributed by atoms with Gasteiger partial charge in [-0.25, -0.2) is 13.8 Å². The number of pyridine rings is 1. The molecule has 116 valence electrons. The topological polar surface area (TPSA) is 21.4 Å². The second kappa shape index (κ2) is 5.17. The van der Waals surface area contributed by atoms with Crippen molar-refractivity contribution in [1.29, 1.82) is 0 Å². The molecule has 0 atom stereocenters. The molecule has 2 heterocycles. The van der Waals surface area contributed by atoms with Crippen LogP contribution in [0, 0.1) is 19.3 Å². The first-order valence-corrected chi connectivity index (χ1v) is 7.58. The fourth-order valence-electron chi connectivity index (χ4n) is 3.18. The summed E-state index contributed by atoms with van der Waals surface area (Å²) in [5, 5.41) is 1.07. The van der Waals surface area contributed by atoms with E-state index in [2.05, 4.69) is 4.85 Å². The second-order valence-corrected chi connectivity index (χ2v) is 5.85. The molecule has 0 bridgehead atoms. The molecule has 4 aromatic rings. The number of furan rings is 1. The highest BCUT2D eigenvalue weighted by atomic mass is 19.1. The SMILES string of the molecule is [C-]#[N+]c1ccc2oc3c(-c4cccc[n+]4C)c(C)cc(F)c3c2c1. The molecule has 2 aromatic heterocycles. The molecule has 4 rings (SSSR count). The van der Waals surface area contributed by atoms with Crippen LogP contribution in [-0.2, 0) is 7.05 Å². The van der Waals surface area contributed by atoms with Crippen molar-refractivity contribution in [3.05, 3.63) is 71.5 Å². The van der Waals surface area contributed by atoms with Crippen LogP contribution in [0.1, 0.15) is 5.56 Å². The summed E-state index contributed by atoms with van der Waals surface area (Å²) < 4.78 is 22.7. The minimum atomic E-state index is -0.328. The van der Waals surface area contributed by atoms with Crippen LogP contribution in [0.2, 0.25) is 0 Å². The number of nitrogens with zero attached hydrogens (tertiary/aromatic N) is 2. The van der Waals surface area contributed by atoms with Gasteiger partial charge in [0.05, 0.1) is 17.5 Å². The Morgan fingerprint density at radius 3 is 2.75 bits per heavy atom. The highest BCUT2D eigenvalue weighted by Gasteiger charge is 2.23. The van der Waals surface area contributed by atoms with Gasteiger partial charge in [-0.1, -0.05) is 6.07 Å². The quantitative estimate of drug-likeness (QED) is 0.354. The predicted octanol–water partition coefficient (Wildman–Crippen LogP) is 5.08. The largest absolute Gasteiger partial charge is 0.455 e. The van der Waals surface area contributed by atoms with E-state index in [1.165, 1.54) is 6.07 Å². The molecule has 0 amide bonds. The lowest BCUT2D eigenvalue weighted by Crippen LogP contribution is -2.30. The Hall–Kier alpha value is -3.19. The van der Waals surface area contributed by atoms with Crippen molar-refractivity contribution in [1.82, 2.24) is 0 Å². The smallest absolute Gasteiger partial charge is 0.216 e. The Morgan fingerprint density at radius 2 is 2.00 bits per heavy atom. The average Bonchev–Trinajstić information content (AvgIpc) is 2.94. The standard InChI is InChI=1S/C20H14FN2O/c1-12-10-15(21)19-14-11-13(22-2)7-8-17(14)24-20(19)18(12)16-6-4-5-9-23(16)3/h4-11H,1,3H3/q+1. The molecule has 0 spiro atoms. The van der Waals surface area contributed by atoms with Gasteiger partial charge >= 0.3 is 0 Å².